The zero-order valence-corrected chi connectivity index (χ0v) is 19.2. The molecular weight excluding hydrogens is 482 g/mol. The van der Waals surface area contributed by atoms with Gasteiger partial charge in [0.25, 0.3) is 0 Å². The second kappa shape index (κ2) is 7.80. The summed E-state index contributed by atoms with van der Waals surface area (Å²) in [5.74, 6) is -1.67. The Morgan fingerprint density at radius 2 is 2.06 bits per heavy atom. The van der Waals surface area contributed by atoms with E-state index in [2.05, 4.69) is 27.8 Å². The molecule has 0 saturated carbocycles. The van der Waals surface area contributed by atoms with Crippen LogP contribution in [0.25, 0.3) is 0 Å². The first-order valence-electron chi connectivity index (χ1n) is 9.76. The van der Waals surface area contributed by atoms with Gasteiger partial charge in [-0.05, 0) is 42.3 Å². The fourth-order valence-corrected chi connectivity index (χ4v) is 5.65. The van der Waals surface area contributed by atoms with Crippen LogP contribution in [0, 0.1) is 0 Å². The molecule has 1 spiro atoms. The molecule has 1 fully saturated rings. The average Bonchev–Trinajstić information content (AvgIpc) is 2.95. The second-order valence-corrected chi connectivity index (χ2v) is 9.41. The molecule has 0 radical (unpaired) electrons. The van der Waals surface area contributed by atoms with Crippen molar-refractivity contribution in [2.45, 2.75) is 30.7 Å². The molecular formula is C23H21BrClN3O3. The number of amides is 3. The van der Waals surface area contributed by atoms with Crippen molar-refractivity contribution in [3.8, 4) is 0 Å². The summed E-state index contributed by atoms with van der Waals surface area (Å²) in [4.78, 5) is 40.2. The molecule has 2 aromatic carbocycles. The van der Waals surface area contributed by atoms with Gasteiger partial charge in [-0.1, -0.05) is 57.9 Å². The zero-order chi connectivity index (χ0) is 22.5. The Bertz CT molecular complexity index is 1130. The van der Waals surface area contributed by atoms with Crippen molar-refractivity contribution in [2.75, 3.05) is 11.9 Å². The lowest BCUT2D eigenvalue weighted by atomic mass is 9.58. The number of benzene rings is 2. The van der Waals surface area contributed by atoms with Crippen molar-refractivity contribution in [1.82, 2.24) is 4.90 Å². The van der Waals surface area contributed by atoms with Crippen molar-refractivity contribution >= 4 is 50.9 Å². The summed E-state index contributed by atoms with van der Waals surface area (Å²) in [5, 5.41) is 3.50. The molecule has 2 aliphatic heterocycles. The fraction of sp³-hybridized carbons (Fsp3) is 0.261. The van der Waals surface area contributed by atoms with Crippen LogP contribution in [-0.2, 0) is 19.8 Å². The topological polar surface area (TPSA) is 92.5 Å². The average molecular weight is 503 g/mol. The number of halogens is 2. The highest BCUT2D eigenvalue weighted by atomic mass is 79.9. The summed E-state index contributed by atoms with van der Waals surface area (Å²) in [7, 11) is 0. The summed E-state index contributed by atoms with van der Waals surface area (Å²) < 4.78 is 0.815. The Balaban J connectivity index is 2.03. The molecule has 31 heavy (non-hydrogen) atoms. The van der Waals surface area contributed by atoms with Gasteiger partial charge in [-0.2, -0.15) is 0 Å². The van der Waals surface area contributed by atoms with E-state index in [9.17, 15) is 14.4 Å². The molecule has 3 atom stereocenters. The minimum Gasteiger partial charge on any atom is -0.368 e. The van der Waals surface area contributed by atoms with Crippen molar-refractivity contribution in [3.05, 3.63) is 75.2 Å². The number of likely N-dealkylation sites (tertiary alicyclic amines) is 1. The number of carbonyl (C=O) groups excluding carboxylic acids is 3. The molecule has 1 saturated heterocycles. The van der Waals surface area contributed by atoms with Gasteiger partial charge in [0.05, 0.1) is 12.6 Å². The van der Waals surface area contributed by atoms with E-state index in [1.807, 2.05) is 24.3 Å². The SMILES string of the molecule is C=C(C)[C@H]1N(CC(N)=O)C(=O)C[C@@H](c2cccc(Cl)c2)[C@]12C(=O)Nc1cc(Br)ccc12. The number of carbonyl (C=O) groups is 3. The van der Waals surface area contributed by atoms with E-state index in [-0.39, 0.29) is 24.8 Å². The van der Waals surface area contributed by atoms with Gasteiger partial charge < -0.3 is 16.0 Å². The molecule has 2 aliphatic rings. The van der Waals surface area contributed by atoms with Gasteiger partial charge in [-0.25, -0.2) is 0 Å². The van der Waals surface area contributed by atoms with E-state index < -0.39 is 23.3 Å². The van der Waals surface area contributed by atoms with Crippen LogP contribution in [0.5, 0.6) is 0 Å². The first-order valence-corrected chi connectivity index (χ1v) is 10.9. The Morgan fingerprint density at radius 1 is 1.32 bits per heavy atom. The van der Waals surface area contributed by atoms with E-state index in [4.69, 9.17) is 17.3 Å². The van der Waals surface area contributed by atoms with Crippen LogP contribution < -0.4 is 11.1 Å². The van der Waals surface area contributed by atoms with Gasteiger partial charge in [-0.3, -0.25) is 14.4 Å². The second-order valence-electron chi connectivity index (χ2n) is 8.06. The van der Waals surface area contributed by atoms with Crippen molar-refractivity contribution in [2.24, 2.45) is 5.73 Å². The van der Waals surface area contributed by atoms with Gasteiger partial charge in [0.1, 0.15) is 5.41 Å². The number of hydrogen-bond donors (Lipinski definition) is 2. The van der Waals surface area contributed by atoms with E-state index in [0.717, 1.165) is 15.6 Å². The number of nitrogens with two attached hydrogens (primary N) is 1. The highest BCUT2D eigenvalue weighted by molar-refractivity contribution is 9.10. The number of rotatable bonds is 4. The molecule has 4 rings (SSSR count). The Hall–Kier alpha value is -2.64. The first-order chi connectivity index (χ1) is 14.7. The third-order valence-electron chi connectivity index (χ3n) is 6.09. The van der Waals surface area contributed by atoms with Crippen molar-refractivity contribution in [1.29, 1.82) is 0 Å². The summed E-state index contributed by atoms with van der Waals surface area (Å²) >= 11 is 9.72. The highest BCUT2D eigenvalue weighted by Gasteiger charge is 2.63. The summed E-state index contributed by atoms with van der Waals surface area (Å²) in [6.07, 6.45) is 0.0281. The Labute approximate surface area is 193 Å². The number of fused-ring (bicyclic) bond motifs is 2. The molecule has 6 nitrogen and oxygen atoms in total. The Morgan fingerprint density at radius 3 is 2.71 bits per heavy atom. The lowest BCUT2D eigenvalue weighted by Crippen LogP contribution is -2.64. The number of nitrogens with zero attached hydrogens (tertiary/aromatic N) is 1. The standard InChI is InChI=1S/C23H21BrClN3O3/c1-12(2)21-23(16-7-6-14(24)9-18(16)27-22(23)31)17(13-4-3-5-15(25)8-13)10-20(30)28(21)11-19(26)29/h3-9,17,21H,1,10-11H2,2H3,(H2,26,29)(H,27,31)/t17-,21+,23-/m0/s1. The maximum atomic E-state index is 13.8. The van der Waals surface area contributed by atoms with E-state index in [0.29, 0.717) is 16.3 Å². The van der Waals surface area contributed by atoms with Crippen molar-refractivity contribution < 1.29 is 14.4 Å². The maximum Gasteiger partial charge on any atom is 0.238 e. The molecule has 0 aliphatic carbocycles. The van der Waals surface area contributed by atoms with Crippen LogP contribution in [0.15, 0.2) is 59.1 Å². The monoisotopic (exact) mass is 501 g/mol. The molecule has 3 N–H and O–H groups in total. The molecule has 160 valence electrons. The lowest BCUT2D eigenvalue weighted by Gasteiger charge is -2.51. The third-order valence-corrected chi connectivity index (χ3v) is 6.82. The number of anilines is 1. The number of hydrogen-bond acceptors (Lipinski definition) is 3. The zero-order valence-electron chi connectivity index (χ0n) is 16.8. The van der Waals surface area contributed by atoms with Crippen LogP contribution in [0.2, 0.25) is 5.02 Å². The molecule has 0 aromatic heterocycles. The van der Waals surface area contributed by atoms with Crippen molar-refractivity contribution in [3.63, 3.8) is 0 Å². The van der Waals surface area contributed by atoms with Gasteiger partial charge in [0.2, 0.25) is 17.7 Å². The Kier molecular flexibility index (Phi) is 5.43. The minimum absolute atomic E-state index is 0.0281. The van der Waals surface area contributed by atoms with E-state index in [1.165, 1.54) is 4.90 Å². The van der Waals surface area contributed by atoms with E-state index in [1.54, 1.807) is 25.1 Å². The first kappa shape index (κ1) is 21.6. The molecule has 0 bridgehead atoms. The van der Waals surface area contributed by atoms with Gasteiger partial charge in [0, 0.05) is 27.5 Å². The predicted molar refractivity (Wildman–Crippen MR) is 123 cm³/mol. The van der Waals surface area contributed by atoms with Crippen LogP contribution >= 0.6 is 27.5 Å². The smallest absolute Gasteiger partial charge is 0.238 e. The van der Waals surface area contributed by atoms with Gasteiger partial charge in [0.15, 0.2) is 0 Å². The fourth-order valence-electron chi connectivity index (χ4n) is 5.09. The molecule has 2 aromatic rings. The summed E-state index contributed by atoms with van der Waals surface area (Å²) in [5.41, 5.74) is 7.05. The molecule has 0 unspecified atom stereocenters. The highest BCUT2D eigenvalue weighted by Crippen LogP contribution is 2.56. The maximum absolute atomic E-state index is 13.8. The van der Waals surface area contributed by atoms with Crippen LogP contribution in [0.3, 0.4) is 0 Å². The van der Waals surface area contributed by atoms with Gasteiger partial charge >= 0.3 is 0 Å². The molecule has 3 amide bonds. The summed E-state index contributed by atoms with van der Waals surface area (Å²) in [6, 6.07) is 12.0. The van der Waals surface area contributed by atoms with E-state index >= 15 is 0 Å². The quantitative estimate of drug-likeness (QED) is 0.624. The normalized spacial score (nSPS) is 24.8. The number of nitrogens with one attached hydrogen (secondary N) is 1. The molecule has 8 heteroatoms. The van der Waals surface area contributed by atoms with Crippen LogP contribution in [0.1, 0.15) is 30.4 Å². The van der Waals surface area contributed by atoms with Crippen LogP contribution in [0.4, 0.5) is 5.69 Å². The molecule has 2 heterocycles. The predicted octanol–water partition coefficient (Wildman–Crippen LogP) is 3.74. The largest absolute Gasteiger partial charge is 0.368 e. The van der Waals surface area contributed by atoms with Gasteiger partial charge in [-0.15, -0.1) is 0 Å². The third kappa shape index (κ3) is 3.36. The number of primary amides is 1. The minimum atomic E-state index is -1.18. The summed E-state index contributed by atoms with van der Waals surface area (Å²) in [6.45, 7) is 5.57. The number of piperidine rings is 1. The lowest BCUT2D eigenvalue weighted by molar-refractivity contribution is -0.146. The van der Waals surface area contributed by atoms with Crippen LogP contribution in [-0.4, -0.2) is 35.2 Å².